The SMILES string of the molecule is C=CCCOCCNC(=O)Nc1cc(Br)ccc1C(=O)O. The minimum absolute atomic E-state index is 0.0237. The van der Waals surface area contributed by atoms with Crippen LogP contribution in [0.4, 0.5) is 10.5 Å². The Morgan fingerprint density at radius 3 is 2.81 bits per heavy atom. The van der Waals surface area contributed by atoms with Gasteiger partial charge < -0.3 is 20.5 Å². The molecule has 0 aliphatic heterocycles. The van der Waals surface area contributed by atoms with E-state index in [1.165, 1.54) is 12.1 Å². The number of carboxylic acids is 1. The van der Waals surface area contributed by atoms with Crippen LogP contribution < -0.4 is 10.6 Å². The number of rotatable bonds is 8. The van der Waals surface area contributed by atoms with Crippen molar-refractivity contribution in [2.24, 2.45) is 0 Å². The van der Waals surface area contributed by atoms with Crippen molar-refractivity contribution >= 4 is 33.6 Å². The smallest absolute Gasteiger partial charge is 0.337 e. The van der Waals surface area contributed by atoms with Crippen molar-refractivity contribution < 1.29 is 19.4 Å². The lowest BCUT2D eigenvalue weighted by Gasteiger charge is -2.10. The number of carboxylic acid groups (broad SMARTS) is 1. The number of benzene rings is 1. The van der Waals surface area contributed by atoms with Crippen molar-refractivity contribution in [3.63, 3.8) is 0 Å². The molecule has 0 fully saturated rings. The second-order valence-corrected chi connectivity index (χ2v) is 4.98. The van der Waals surface area contributed by atoms with Gasteiger partial charge in [0.15, 0.2) is 0 Å². The lowest BCUT2D eigenvalue weighted by molar-refractivity contribution is 0.0698. The number of hydrogen-bond acceptors (Lipinski definition) is 3. The molecule has 0 atom stereocenters. The molecule has 0 aliphatic rings. The van der Waals surface area contributed by atoms with Crippen LogP contribution in [0.2, 0.25) is 0 Å². The Morgan fingerprint density at radius 1 is 1.38 bits per heavy atom. The molecule has 0 aromatic heterocycles. The summed E-state index contributed by atoms with van der Waals surface area (Å²) in [4.78, 5) is 22.7. The molecule has 114 valence electrons. The van der Waals surface area contributed by atoms with E-state index >= 15 is 0 Å². The van der Waals surface area contributed by atoms with Gasteiger partial charge in [-0.25, -0.2) is 9.59 Å². The molecular formula is C14H17BrN2O4. The summed E-state index contributed by atoms with van der Waals surface area (Å²) in [6.45, 7) is 4.84. The lowest BCUT2D eigenvalue weighted by atomic mass is 10.2. The molecule has 0 bridgehead atoms. The highest BCUT2D eigenvalue weighted by molar-refractivity contribution is 9.10. The first-order valence-electron chi connectivity index (χ1n) is 6.31. The molecule has 0 heterocycles. The minimum atomic E-state index is -1.11. The van der Waals surface area contributed by atoms with E-state index in [-0.39, 0.29) is 11.3 Å². The number of anilines is 1. The van der Waals surface area contributed by atoms with Crippen molar-refractivity contribution in [1.82, 2.24) is 5.32 Å². The molecule has 7 heteroatoms. The van der Waals surface area contributed by atoms with Gasteiger partial charge in [0.1, 0.15) is 0 Å². The molecule has 6 nitrogen and oxygen atoms in total. The van der Waals surface area contributed by atoms with Gasteiger partial charge in [0, 0.05) is 11.0 Å². The fourth-order valence-corrected chi connectivity index (χ4v) is 1.84. The minimum Gasteiger partial charge on any atom is -0.478 e. The van der Waals surface area contributed by atoms with E-state index in [1.807, 2.05) is 0 Å². The zero-order chi connectivity index (χ0) is 15.7. The van der Waals surface area contributed by atoms with Crippen LogP contribution in [0.25, 0.3) is 0 Å². The molecule has 1 aromatic carbocycles. The Kier molecular flexibility index (Phi) is 7.49. The van der Waals surface area contributed by atoms with Gasteiger partial charge in [-0.15, -0.1) is 6.58 Å². The van der Waals surface area contributed by atoms with E-state index in [4.69, 9.17) is 9.84 Å². The quantitative estimate of drug-likeness (QED) is 0.493. The van der Waals surface area contributed by atoms with E-state index in [9.17, 15) is 9.59 Å². The zero-order valence-corrected chi connectivity index (χ0v) is 13.0. The van der Waals surface area contributed by atoms with Crippen LogP contribution in [0.3, 0.4) is 0 Å². The van der Waals surface area contributed by atoms with Gasteiger partial charge in [0.05, 0.1) is 24.5 Å². The lowest BCUT2D eigenvalue weighted by Crippen LogP contribution is -2.32. The van der Waals surface area contributed by atoms with Gasteiger partial charge in [-0.3, -0.25) is 0 Å². The summed E-state index contributed by atoms with van der Waals surface area (Å²) in [5.74, 6) is -1.11. The Bertz CT molecular complexity index is 520. The van der Waals surface area contributed by atoms with Crippen molar-refractivity contribution in [2.75, 3.05) is 25.1 Å². The summed E-state index contributed by atoms with van der Waals surface area (Å²) in [7, 11) is 0. The van der Waals surface area contributed by atoms with Gasteiger partial charge >= 0.3 is 12.0 Å². The van der Waals surface area contributed by atoms with E-state index in [1.54, 1.807) is 12.1 Å². The molecule has 2 amide bonds. The molecule has 0 saturated carbocycles. The molecule has 1 aromatic rings. The van der Waals surface area contributed by atoms with Gasteiger partial charge in [-0.2, -0.15) is 0 Å². The van der Waals surface area contributed by atoms with Crippen LogP contribution in [0.1, 0.15) is 16.8 Å². The summed E-state index contributed by atoms with van der Waals surface area (Å²) in [5, 5.41) is 14.1. The van der Waals surface area contributed by atoms with Gasteiger partial charge in [-0.05, 0) is 24.6 Å². The van der Waals surface area contributed by atoms with Crippen LogP contribution >= 0.6 is 15.9 Å². The first-order valence-corrected chi connectivity index (χ1v) is 7.10. The number of ether oxygens (including phenoxy) is 1. The number of carbonyl (C=O) groups is 2. The Labute approximate surface area is 131 Å². The average molecular weight is 357 g/mol. The fraction of sp³-hybridized carbons (Fsp3) is 0.286. The number of urea groups is 1. The van der Waals surface area contributed by atoms with Crippen molar-refractivity contribution in [3.05, 3.63) is 40.9 Å². The third-order valence-electron chi connectivity index (χ3n) is 2.46. The second kappa shape index (κ2) is 9.15. The molecule has 0 radical (unpaired) electrons. The van der Waals surface area contributed by atoms with Gasteiger partial charge in [0.2, 0.25) is 0 Å². The molecule has 0 spiro atoms. The van der Waals surface area contributed by atoms with Crippen LogP contribution in [-0.2, 0) is 4.74 Å². The first-order chi connectivity index (χ1) is 10.0. The maximum absolute atomic E-state index is 11.7. The number of hydrogen-bond donors (Lipinski definition) is 3. The summed E-state index contributed by atoms with van der Waals surface area (Å²) >= 11 is 3.23. The number of aromatic carboxylic acids is 1. The monoisotopic (exact) mass is 356 g/mol. The largest absolute Gasteiger partial charge is 0.478 e. The Hall–Kier alpha value is -1.86. The van der Waals surface area contributed by atoms with Gasteiger partial charge in [0.25, 0.3) is 0 Å². The van der Waals surface area contributed by atoms with Crippen molar-refractivity contribution in [1.29, 1.82) is 0 Å². The summed E-state index contributed by atoms with van der Waals surface area (Å²) in [5.41, 5.74) is 0.248. The average Bonchev–Trinajstić information content (AvgIpc) is 2.42. The van der Waals surface area contributed by atoms with Crippen LogP contribution in [0, 0.1) is 0 Å². The molecular weight excluding hydrogens is 340 g/mol. The Morgan fingerprint density at radius 2 is 2.14 bits per heavy atom. The molecule has 1 rings (SSSR count). The zero-order valence-electron chi connectivity index (χ0n) is 11.4. The van der Waals surface area contributed by atoms with Crippen LogP contribution in [-0.4, -0.2) is 36.9 Å². The van der Waals surface area contributed by atoms with Gasteiger partial charge in [-0.1, -0.05) is 22.0 Å². The maximum Gasteiger partial charge on any atom is 0.337 e. The molecule has 0 aliphatic carbocycles. The fourth-order valence-electron chi connectivity index (χ4n) is 1.48. The normalized spacial score (nSPS) is 9.95. The number of amides is 2. The predicted molar refractivity (Wildman–Crippen MR) is 83.8 cm³/mol. The highest BCUT2D eigenvalue weighted by Gasteiger charge is 2.12. The predicted octanol–water partition coefficient (Wildman–Crippen LogP) is 2.86. The van der Waals surface area contributed by atoms with Crippen molar-refractivity contribution in [3.8, 4) is 0 Å². The molecule has 21 heavy (non-hydrogen) atoms. The summed E-state index contributed by atoms with van der Waals surface area (Å²) in [6, 6.07) is 4.06. The second-order valence-electron chi connectivity index (χ2n) is 4.07. The maximum atomic E-state index is 11.7. The van der Waals surface area contributed by atoms with Crippen LogP contribution in [0.5, 0.6) is 0 Å². The van der Waals surface area contributed by atoms with E-state index in [2.05, 4.69) is 33.1 Å². The third-order valence-corrected chi connectivity index (χ3v) is 2.95. The standard InChI is InChI=1S/C14H17BrN2O4/c1-2-3-7-21-8-6-16-14(20)17-12-9-10(15)4-5-11(12)13(18)19/h2,4-5,9H,1,3,6-8H2,(H,18,19)(H2,16,17,20). The van der Waals surface area contributed by atoms with E-state index in [0.717, 1.165) is 6.42 Å². The third kappa shape index (κ3) is 6.42. The summed E-state index contributed by atoms with van der Waals surface area (Å²) < 4.78 is 5.92. The number of halogens is 1. The topological polar surface area (TPSA) is 87.7 Å². The van der Waals surface area contributed by atoms with Crippen LogP contribution in [0.15, 0.2) is 35.3 Å². The van der Waals surface area contributed by atoms with E-state index in [0.29, 0.717) is 24.2 Å². The van der Waals surface area contributed by atoms with E-state index < -0.39 is 12.0 Å². The highest BCUT2D eigenvalue weighted by atomic mass is 79.9. The molecule has 0 unspecified atom stereocenters. The first kappa shape index (κ1) is 17.2. The number of carbonyl (C=O) groups excluding carboxylic acids is 1. The van der Waals surface area contributed by atoms with Crippen molar-refractivity contribution in [2.45, 2.75) is 6.42 Å². The molecule has 3 N–H and O–H groups in total. The summed E-state index contributed by atoms with van der Waals surface area (Å²) in [6.07, 6.45) is 2.51. The number of nitrogens with one attached hydrogen (secondary N) is 2. The highest BCUT2D eigenvalue weighted by Crippen LogP contribution is 2.21. The molecule has 0 saturated heterocycles. The Balaban J connectivity index is 2.45.